The van der Waals surface area contributed by atoms with Crippen molar-refractivity contribution in [2.45, 2.75) is 33.2 Å². The van der Waals surface area contributed by atoms with Crippen molar-refractivity contribution < 1.29 is 0 Å². The standard InChI is InChI=1S/C13H18N6/c1-8(2)13-18-11(14)6-12(19-13)16-7-10-4-5-15-9(3)17-10/h4-6,8H,7H2,1-3H3,(H3,14,16,18,19). The van der Waals surface area contributed by atoms with Crippen molar-refractivity contribution in [2.24, 2.45) is 0 Å². The SMILES string of the molecule is Cc1nccc(CNc2cc(N)nc(C(C)C)n2)n1. The average molecular weight is 258 g/mol. The number of aromatic nitrogens is 4. The molecule has 0 bridgehead atoms. The highest BCUT2D eigenvalue weighted by Gasteiger charge is 2.06. The van der Waals surface area contributed by atoms with Crippen molar-refractivity contribution >= 4 is 11.6 Å². The van der Waals surface area contributed by atoms with Gasteiger partial charge < -0.3 is 11.1 Å². The Balaban J connectivity index is 2.11. The highest BCUT2D eigenvalue weighted by molar-refractivity contribution is 5.45. The Kier molecular flexibility index (Phi) is 3.89. The van der Waals surface area contributed by atoms with E-state index in [9.17, 15) is 0 Å². The van der Waals surface area contributed by atoms with Crippen molar-refractivity contribution in [1.29, 1.82) is 0 Å². The molecule has 3 N–H and O–H groups in total. The van der Waals surface area contributed by atoms with Gasteiger partial charge in [-0.15, -0.1) is 0 Å². The molecule has 6 nitrogen and oxygen atoms in total. The lowest BCUT2D eigenvalue weighted by Gasteiger charge is -2.10. The fourth-order valence-electron chi connectivity index (χ4n) is 1.62. The van der Waals surface area contributed by atoms with E-state index in [-0.39, 0.29) is 5.92 Å². The smallest absolute Gasteiger partial charge is 0.135 e. The number of nitrogens with zero attached hydrogens (tertiary/aromatic N) is 4. The van der Waals surface area contributed by atoms with E-state index >= 15 is 0 Å². The Morgan fingerprint density at radius 1 is 1.26 bits per heavy atom. The molecule has 0 radical (unpaired) electrons. The molecule has 0 spiro atoms. The molecule has 6 heteroatoms. The summed E-state index contributed by atoms with van der Waals surface area (Å²) >= 11 is 0. The summed E-state index contributed by atoms with van der Waals surface area (Å²) in [6.45, 7) is 6.51. The second kappa shape index (κ2) is 5.60. The Hall–Kier alpha value is -2.24. The maximum Gasteiger partial charge on any atom is 0.135 e. The second-order valence-electron chi connectivity index (χ2n) is 4.64. The zero-order valence-corrected chi connectivity index (χ0v) is 11.4. The van der Waals surface area contributed by atoms with E-state index in [0.29, 0.717) is 18.2 Å². The molecule has 2 aromatic rings. The quantitative estimate of drug-likeness (QED) is 0.870. The Bertz CT molecular complexity index is 567. The van der Waals surface area contributed by atoms with Gasteiger partial charge in [0.2, 0.25) is 0 Å². The molecule has 0 aliphatic rings. The molecule has 19 heavy (non-hydrogen) atoms. The Morgan fingerprint density at radius 3 is 2.74 bits per heavy atom. The summed E-state index contributed by atoms with van der Waals surface area (Å²) in [5, 5.41) is 3.20. The van der Waals surface area contributed by atoms with Crippen LogP contribution in [0.5, 0.6) is 0 Å². The lowest BCUT2D eigenvalue weighted by Crippen LogP contribution is -2.08. The van der Waals surface area contributed by atoms with Crippen LogP contribution in [0, 0.1) is 6.92 Å². The van der Waals surface area contributed by atoms with Gasteiger partial charge in [0.25, 0.3) is 0 Å². The van der Waals surface area contributed by atoms with E-state index in [1.54, 1.807) is 12.3 Å². The van der Waals surface area contributed by atoms with Crippen LogP contribution in [0.15, 0.2) is 18.3 Å². The van der Waals surface area contributed by atoms with Gasteiger partial charge in [-0.3, -0.25) is 0 Å². The van der Waals surface area contributed by atoms with Gasteiger partial charge in [0, 0.05) is 18.2 Å². The van der Waals surface area contributed by atoms with Gasteiger partial charge in [0.05, 0.1) is 12.2 Å². The summed E-state index contributed by atoms with van der Waals surface area (Å²) in [4.78, 5) is 17.0. The fourth-order valence-corrected chi connectivity index (χ4v) is 1.62. The van der Waals surface area contributed by atoms with Crippen molar-refractivity contribution in [3.63, 3.8) is 0 Å². The first-order chi connectivity index (χ1) is 9.04. The molecule has 0 saturated carbocycles. The molecule has 0 amide bonds. The Morgan fingerprint density at radius 2 is 2.05 bits per heavy atom. The number of hydrogen-bond donors (Lipinski definition) is 2. The maximum absolute atomic E-state index is 5.77. The minimum atomic E-state index is 0.241. The molecular weight excluding hydrogens is 240 g/mol. The summed E-state index contributed by atoms with van der Waals surface area (Å²) in [6, 6.07) is 3.59. The molecule has 2 aromatic heterocycles. The molecule has 2 heterocycles. The van der Waals surface area contributed by atoms with Crippen LogP contribution in [-0.4, -0.2) is 19.9 Å². The highest BCUT2D eigenvalue weighted by atomic mass is 15.1. The van der Waals surface area contributed by atoms with E-state index in [0.717, 1.165) is 17.3 Å². The minimum Gasteiger partial charge on any atom is -0.384 e. The van der Waals surface area contributed by atoms with Crippen LogP contribution in [-0.2, 0) is 6.54 Å². The molecule has 100 valence electrons. The Labute approximate surface area is 112 Å². The average Bonchev–Trinajstić information content (AvgIpc) is 2.36. The van der Waals surface area contributed by atoms with Gasteiger partial charge >= 0.3 is 0 Å². The van der Waals surface area contributed by atoms with Crippen LogP contribution in [0.2, 0.25) is 0 Å². The number of hydrogen-bond acceptors (Lipinski definition) is 6. The zero-order valence-electron chi connectivity index (χ0n) is 11.4. The van der Waals surface area contributed by atoms with Crippen LogP contribution in [0.3, 0.4) is 0 Å². The topological polar surface area (TPSA) is 89.6 Å². The number of nitrogen functional groups attached to an aromatic ring is 1. The largest absolute Gasteiger partial charge is 0.384 e. The van der Waals surface area contributed by atoms with Crippen LogP contribution < -0.4 is 11.1 Å². The second-order valence-corrected chi connectivity index (χ2v) is 4.64. The highest BCUT2D eigenvalue weighted by Crippen LogP contribution is 2.15. The summed E-state index contributed by atoms with van der Waals surface area (Å²) in [5.41, 5.74) is 6.69. The summed E-state index contributed by atoms with van der Waals surface area (Å²) in [7, 11) is 0. The van der Waals surface area contributed by atoms with Crippen LogP contribution in [0.4, 0.5) is 11.6 Å². The molecule has 0 atom stereocenters. The van der Waals surface area contributed by atoms with Gasteiger partial charge in [0.15, 0.2) is 0 Å². The number of nitrogens with two attached hydrogens (primary N) is 1. The molecule has 0 aromatic carbocycles. The first-order valence-corrected chi connectivity index (χ1v) is 6.21. The van der Waals surface area contributed by atoms with E-state index in [4.69, 9.17) is 5.73 Å². The van der Waals surface area contributed by atoms with Crippen molar-refractivity contribution in [3.05, 3.63) is 35.7 Å². The summed E-state index contributed by atoms with van der Waals surface area (Å²) in [5.74, 6) is 2.92. The van der Waals surface area contributed by atoms with Crippen molar-refractivity contribution in [2.75, 3.05) is 11.1 Å². The van der Waals surface area contributed by atoms with Gasteiger partial charge in [-0.25, -0.2) is 19.9 Å². The van der Waals surface area contributed by atoms with Gasteiger partial charge in [-0.2, -0.15) is 0 Å². The third kappa shape index (κ3) is 3.61. The maximum atomic E-state index is 5.77. The number of aryl methyl sites for hydroxylation is 1. The third-order valence-electron chi connectivity index (χ3n) is 2.56. The predicted octanol–water partition coefficient (Wildman–Crippen LogP) is 1.89. The fraction of sp³-hybridized carbons (Fsp3) is 0.385. The first kappa shape index (κ1) is 13.2. The van der Waals surface area contributed by atoms with Crippen LogP contribution >= 0.6 is 0 Å². The lowest BCUT2D eigenvalue weighted by molar-refractivity contribution is 0.776. The minimum absolute atomic E-state index is 0.241. The van der Waals surface area contributed by atoms with Crippen LogP contribution in [0.25, 0.3) is 0 Å². The monoisotopic (exact) mass is 258 g/mol. The van der Waals surface area contributed by atoms with Gasteiger partial charge in [0.1, 0.15) is 23.3 Å². The molecular formula is C13H18N6. The lowest BCUT2D eigenvalue weighted by atomic mass is 10.2. The molecule has 0 aliphatic carbocycles. The first-order valence-electron chi connectivity index (χ1n) is 6.21. The summed E-state index contributed by atoms with van der Waals surface area (Å²) < 4.78 is 0. The van der Waals surface area contributed by atoms with Crippen molar-refractivity contribution in [3.8, 4) is 0 Å². The number of anilines is 2. The zero-order chi connectivity index (χ0) is 13.8. The van der Waals surface area contributed by atoms with E-state index < -0.39 is 0 Å². The predicted molar refractivity (Wildman–Crippen MR) is 74.6 cm³/mol. The van der Waals surface area contributed by atoms with Crippen molar-refractivity contribution in [1.82, 2.24) is 19.9 Å². The van der Waals surface area contributed by atoms with E-state index in [1.807, 2.05) is 26.8 Å². The van der Waals surface area contributed by atoms with E-state index in [2.05, 4.69) is 25.3 Å². The molecule has 0 unspecified atom stereocenters. The van der Waals surface area contributed by atoms with Gasteiger partial charge in [-0.1, -0.05) is 13.8 Å². The molecule has 0 saturated heterocycles. The molecule has 2 rings (SSSR count). The van der Waals surface area contributed by atoms with Crippen LogP contribution in [0.1, 0.15) is 37.1 Å². The number of rotatable bonds is 4. The number of nitrogens with one attached hydrogen (secondary N) is 1. The molecule has 0 fully saturated rings. The molecule has 0 aliphatic heterocycles. The summed E-state index contributed by atoms with van der Waals surface area (Å²) in [6.07, 6.45) is 1.74. The van der Waals surface area contributed by atoms with E-state index in [1.165, 1.54) is 0 Å². The third-order valence-corrected chi connectivity index (χ3v) is 2.56. The van der Waals surface area contributed by atoms with Gasteiger partial charge in [-0.05, 0) is 13.0 Å². The normalized spacial score (nSPS) is 10.7.